The maximum Gasteiger partial charge on any atom is 0.408 e. The summed E-state index contributed by atoms with van der Waals surface area (Å²) in [6.45, 7) is 6.87. The summed E-state index contributed by atoms with van der Waals surface area (Å²) in [4.78, 5) is 25.2. The van der Waals surface area contributed by atoms with Gasteiger partial charge in [0.15, 0.2) is 0 Å². The van der Waals surface area contributed by atoms with E-state index in [1.807, 2.05) is 24.3 Å². The molecule has 0 aliphatic heterocycles. The van der Waals surface area contributed by atoms with E-state index < -0.39 is 47.2 Å². The molecule has 2 aromatic rings. The van der Waals surface area contributed by atoms with E-state index in [-0.39, 0.29) is 5.56 Å². The van der Waals surface area contributed by atoms with Crippen molar-refractivity contribution in [2.75, 3.05) is 0 Å². The number of carbonyl (C=O) groups excluding carboxylic acids is 2. The van der Waals surface area contributed by atoms with E-state index >= 15 is 0 Å². The van der Waals surface area contributed by atoms with Gasteiger partial charge in [-0.15, -0.1) is 0 Å². The molecular weight excluding hydrogens is 390 g/mol. The molecule has 2 amide bonds. The molecule has 3 atom stereocenters. The Hall–Kier alpha value is -2.96. The molecule has 0 spiro atoms. The molecule has 0 unspecified atom stereocenters. The topological polar surface area (TPSA) is 67.4 Å². The van der Waals surface area contributed by atoms with Crippen LogP contribution in [0.4, 0.5) is 13.6 Å². The molecule has 3 rings (SSSR count). The highest BCUT2D eigenvalue weighted by atomic mass is 19.1. The summed E-state index contributed by atoms with van der Waals surface area (Å²) in [5.74, 6) is -2.70. The van der Waals surface area contributed by atoms with Crippen LogP contribution in [-0.4, -0.2) is 23.6 Å². The molecule has 30 heavy (non-hydrogen) atoms. The Balaban J connectivity index is 1.77. The van der Waals surface area contributed by atoms with Crippen molar-refractivity contribution >= 4 is 12.0 Å². The van der Waals surface area contributed by atoms with Gasteiger partial charge in [-0.1, -0.05) is 30.3 Å². The van der Waals surface area contributed by atoms with Crippen LogP contribution in [0.3, 0.4) is 0 Å². The summed E-state index contributed by atoms with van der Waals surface area (Å²) in [5, 5.41) is 5.76. The van der Waals surface area contributed by atoms with Crippen LogP contribution in [0.5, 0.6) is 0 Å². The van der Waals surface area contributed by atoms with Crippen LogP contribution in [0.1, 0.15) is 56.3 Å². The van der Waals surface area contributed by atoms with Crippen molar-refractivity contribution in [1.82, 2.24) is 10.6 Å². The SMILES string of the molecule is C[C@H](C(=O)N[C@@H]1Cc2ccccc2[C@H]1NC(=O)OC(C)(C)C)c1ccc(F)cc1F. The monoisotopic (exact) mass is 416 g/mol. The van der Waals surface area contributed by atoms with Gasteiger partial charge in [-0.05, 0) is 51.3 Å². The van der Waals surface area contributed by atoms with Gasteiger partial charge < -0.3 is 15.4 Å². The lowest BCUT2D eigenvalue weighted by Crippen LogP contribution is -2.46. The van der Waals surface area contributed by atoms with Crippen molar-refractivity contribution in [3.05, 3.63) is 70.8 Å². The molecule has 0 heterocycles. The summed E-state index contributed by atoms with van der Waals surface area (Å²) in [6, 6.07) is 9.85. The molecule has 0 fully saturated rings. The van der Waals surface area contributed by atoms with Gasteiger partial charge in [-0.3, -0.25) is 4.79 Å². The van der Waals surface area contributed by atoms with Gasteiger partial charge in [0.1, 0.15) is 17.2 Å². The fourth-order valence-corrected chi connectivity index (χ4v) is 3.64. The number of alkyl carbamates (subject to hydrolysis) is 1. The first-order chi connectivity index (χ1) is 14.0. The van der Waals surface area contributed by atoms with Gasteiger partial charge in [0, 0.05) is 11.6 Å². The Bertz CT molecular complexity index is 956. The smallest absolute Gasteiger partial charge is 0.408 e. The first-order valence-corrected chi connectivity index (χ1v) is 9.88. The molecule has 0 aromatic heterocycles. The Kier molecular flexibility index (Phi) is 6.10. The third-order valence-electron chi connectivity index (χ3n) is 5.05. The third-order valence-corrected chi connectivity index (χ3v) is 5.05. The van der Waals surface area contributed by atoms with Crippen LogP contribution in [-0.2, 0) is 16.0 Å². The maximum absolute atomic E-state index is 14.1. The summed E-state index contributed by atoms with van der Waals surface area (Å²) >= 11 is 0. The molecule has 2 N–H and O–H groups in total. The van der Waals surface area contributed by atoms with Crippen molar-refractivity contribution in [1.29, 1.82) is 0 Å². The van der Waals surface area contributed by atoms with Gasteiger partial charge in [0.2, 0.25) is 5.91 Å². The van der Waals surface area contributed by atoms with Crippen molar-refractivity contribution in [2.24, 2.45) is 0 Å². The minimum atomic E-state index is -0.823. The predicted octanol–water partition coefficient (Wildman–Crippen LogP) is 4.38. The first-order valence-electron chi connectivity index (χ1n) is 9.88. The molecule has 0 saturated carbocycles. The van der Waals surface area contributed by atoms with E-state index in [2.05, 4.69) is 10.6 Å². The number of ether oxygens (including phenoxy) is 1. The van der Waals surface area contributed by atoms with Gasteiger partial charge in [-0.2, -0.15) is 0 Å². The largest absolute Gasteiger partial charge is 0.444 e. The molecular formula is C23H26F2N2O3. The fraction of sp³-hybridized carbons (Fsp3) is 0.391. The molecule has 160 valence electrons. The van der Waals surface area contributed by atoms with Gasteiger partial charge >= 0.3 is 6.09 Å². The normalized spacial score (nSPS) is 19.0. The van der Waals surface area contributed by atoms with Crippen molar-refractivity contribution in [2.45, 2.75) is 57.7 Å². The fourth-order valence-electron chi connectivity index (χ4n) is 3.64. The number of halogens is 2. The molecule has 0 bridgehead atoms. The van der Waals surface area contributed by atoms with Crippen LogP contribution in [0, 0.1) is 11.6 Å². The molecule has 5 nitrogen and oxygen atoms in total. The highest BCUT2D eigenvalue weighted by molar-refractivity contribution is 5.84. The van der Waals surface area contributed by atoms with Crippen LogP contribution in [0.25, 0.3) is 0 Å². The quantitative estimate of drug-likeness (QED) is 0.778. The second-order valence-electron chi connectivity index (χ2n) is 8.53. The number of benzene rings is 2. The lowest BCUT2D eigenvalue weighted by molar-refractivity contribution is -0.123. The zero-order chi connectivity index (χ0) is 22.1. The Morgan fingerprint density at radius 3 is 2.47 bits per heavy atom. The highest BCUT2D eigenvalue weighted by Gasteiger charge is 2.36. The van der Waals surface area contributed by atoms with E-state index in [0.717, 1.165) is 23.3 Å². The molecule has 7 heteroatoms. The Morgan fingerprint density at radius 1 is 1.10 bits per heavy atom. The lowest BCUT2D eigenvalue weighted by Gasteiger charge is -2.27. The minimum absolute atomic E-state index is 0.112. The summed E-state index contributed by atoms with van der Waals surface area (Å²) in [5.41, 5.74) is 1.36. The maximum atomic E-state index is 14.1. The number of hydrogen-bond donors (Lipinski definition) is 2. The number of rotatable bonds is 4. The van der Waals surface area contributed by atoms with E-state index in [0.29, 0.717) is 6.42 Å². The van der Waals surface area contributed by atoms with Crippen LogP contribution < -0.4 is 10.6 Å². The van der Waals surface area contributed by atoms with E-state index in [1.165, 1.54) is 6.07 Å². The van der Waals surface area contributed by atoms with E-state index in [9.17, 15) is 18.4 Å². The molecule has 1 aliphatic rings. The van der Waals surface area contributed by atoms with E-state index in [1.54, 1.807) is 27.7 Å². The number of amides is 2. The van der Waals surface area contributed by atoms with E-state index in [4.69, 9.17) is 4.74 Å². The highest BCUT2D eigenvalue weighted by Crippen LogP contribution is 2.32. The number of hydrogen-bond acceptors (Lipinski definition) is 3. The zero-order valence-corrected chi connectivity index (χ0v) is 17.5. The second kappa shape index (κ2) is 8.42. The first kappa shape index (κ1) is 21.7. The Labute approximate surface area is 174 Å². The number of nitrogens with one attached hydrogen (secondary N) is 2. The standard InChI is InChI=1S/C23H26F2N2O3/c1-13(16-10-9-15(24)12-18(16)25)21(28)26-19-11-14-7-5-6-8-17(14)20(19)27-22(29)30-23(2,3)4/h5-10,12-13,19-20H,11H2,1-4H3,(H,26,28)(H,27,29)/t13-,19+,20+/m0/s1. The van der Waals surface area contributed by atoms with Crippen molar-refractivity contribution < 1.29 is 23.1 Å². The van der Waals surface area contributed by atoms with Crippen LogP contribution in [0.2, 0.25) is 0 Å². The average molecular weight is 416 g/mol. The van der Waals surface area contributed by atoms with Gasteiger partial charge in [0.05, 0.1) is 18.0 Å². The Morgan fingerprint density at radius 2 is 1.80 bits per heavy atom. The summed E-state index contributed by atoms with van der Waals surface area (Å²) < 4.78 is 32.7. The lowest BCUT2D eigenvalue weighted by atomic mass is 9.98. The number of fused-ring (bicyclic) bond motifs is 1. The van der Waals surface area contributed by atoms with Crippen LogP contribution in [0.15, 0.2) is 42.5 Å². The van der Waals surface area contributed by atoms with Crippen LogP contribution >= 0.6 is 0 Å². The molecule has 0 saturated heterocycles. The predicted molar refractivity (Wildman–Crippen MR) is 109 cm³/mol. The molecule has 0 radical (unpaired) electrons. The zero-order valence-electron chi connectivity index (χ0n) is 17.5. The minimum Gasteiger partial charge on any atom is -0.444 e. The van der Waals surface area contributed by atoms with Gasteiger partial charge in [-0.25, -0.2) is 13.6 Å². The average Bonchev–Trinajstić information content (AvgIpc) is 2.97. The van der Waals surface area contributed by atoms with Crippen molar-refractivity contribution in [3.63, 3.8) is 0 Å². The third kappa shape index (κ3) is 4.96. The second-order valence-corrected chi connectivity index (χ2v) is 8.53. The molecule has 1 aliphatic carbocycles. The summed E-state index contributed by atoms with van der Waals surface area (Å²) in [7, 11) is 0. The molecule has 2 aromatic carbocycles. The number of carbonyl (C=O) groups is 2. The van der Waals surface area contributed by atoms with Crippen molar-refractivity contribution in [3.8, 4) is 0 Å². The summed E-state index contributed by atoms with van der Waals surface area (Å²) in [6.07, 6.45) is -0.0675. The van der Waals surface area contributed by atoms with Gasteiger partial charge in [0.25, 0.3) is 0 Å².